The number of nitrogens with one attached hydrogen (secondary N) is 3. The highest BCUT2D eigenvalue weighted by atomic mass is 16.1. The molecule has 2 aromatic rings. The Hall–Kier alpha value is -3.41. The van der Waals surface area contributed by atoms with Crippen LogP contribution in [0.15, 0.2) is 65.5 Å². The first kappa shape index (κ1) is 18.9. The predicted octanol–water partition coefficient (Wildman–Crippen LogP) is 1.16. The fourth-order valence-electron chi connectivity index (χ4n) is 2.34. The summed E-state index contributed by atoms with van der Waals surface area (Å²) in [5.41, 5.74) is 0.797. The number of nitrogens with zero attached hydrogens (tertiary/aromatic N) is 1. The molecule has 0 fully saturated rings. The molecule has 6 nitrogen and oxygen atoms in total. The molecule has 0 aromatic carbocycles. The van der Waals surface area contributed by atoms with Gasteiger partial charge >= 0.3 is 0 Å². The summed E-state index contributed by atoms with van der Waals surface area (Å²) in [5, 5.41) is 0.252. The Morgan fingerprint density at radius 1 is 1.12 bits per heavy atom. The van der Waals surface area contributed by atoms with Gasteiger partial charge in [0.25, 0.3) is 11.1 Å². The number of H-pyrrole nitrogens is 3. The van der Waals surface area contributed by atoms with Crippen molar-refractivity contribution in [3.05, 3.63) is 98.7 Å². The lowest BCUT2D eigenvalue weighted by Crippen LogP contribution is -2.46. The van der Waals surface area contributed by atoms with E-state index in [1.807, 2.05) is 13.8 Å². The lowest BCUT2D eigenvalue weighted by Gasteiger charge is -2.18. The Labute approximate surface area is 150 Å². The Morgan fingerprint density at radius 3 is 2.38 bits per heavy atom. The van der Waals surface area contributed by atoms with Crippen molar-refractivity contribution in [2.45, 2.75) is 19.3 Å². The quantitative estimate of drug-likeness (QED) is 0.539. The Bertz CT molecular complexity index is 1110. The van der Waals surface area contributed by atoms with Gasteiger partial charge in [-0.1, -0.05) is 51.3 Å². The van der Waals surface area contributed by atoms with Gasteiger partial charge in [0.05, 0.1) is 17.7 Å². The van der Waals surface area contributed by atoms with Gasteiger partial charge in [-0.2, -0.15) is 0 Å². The molecule has 0 aliphatic carbocycles. The predicted molar refractivity (Wildman–Crippen MR) is 105 cm³/mol. The van der Waals surface area contributed by atoms with E-state index in [1.54, 1.807) is 24.3 Å². The second-order valence-corrected chi connectivity index (χ2v) is 6.22. The molecule has 0 radical (unpaired) electrons. The third-order valence-electron chi connectivity index (χ3n) is 3.95. The molecule has 3 N–H and O–H groups in total. The number of hydrogen-bond donors (Lipinski definition) is 3. The summed E-state index contributed by atoms with van der Waals surface area (Å²) in [6.45, 7) is 15.0. The van der Waals surface area contributed by atoms with E-state index < -0.39 is 11.1 Å². The SMILES string of the molecule is C=C/C=C(C=C)/C=c1\[nH]c(=O)/c(=C/c2nc[nH]c2C(C)(C)C=C)[nH]c1=O. The van der Waals surface area contributed by atoms with Gasteiger partial charge in [0.15, 0.2) is 0 Å². The van der Waals surface area contributed by atoms with E-state index in [0.717, 1.165) is 5.69 Å². The van der Waals surface area contributed by atoms with Crippen LogP contribution in [0.1, 0.15) is 25.2 Å². The first-order chi connectivity index (χ1) is 12.3. The highest BCUT2D eigenvalue weighted by molar-refractivity contribution is 5.52. The average molecular weight is 350 g/mol. The maximum absolute atomic E-state index is 12.4. The van der Waals surface area contributed by atoms with Gasteiger partial charge in [-0.25, -0.2) is 4.98 Å². The van der Waals surface area contributed by atoms with Gasteiger partial charge in [-0.15, -0.1) is 6.58 Å². The zero-order valence-electron chi connectivity index (χ0n) is 14.9. The molecule has 2 heterocycles. The third kappa shape index (κ3) is 3.97. The fraction of sp³-hybridized carbons (Fsp3) is 0.150. The van der Waals surface area contributed by atoms with Gasteiger partial charge in [0.1, 0.15) is 10.7 Å². The third-order valence-corrected chi connectivity index (χ3v) is 3.95. The molecule has 0 atom stereocenters. The van der Waals surface area contributed by atoms with E-state index >= 15 is 0 Å². The minimum atomic E-state index is -0.428. The molecule has 0 unspecified atom stereocenters. The molecule has 0 saturated carbocycles. The van der Waals surface area contributed by atoms with Crippen molar-refractivity contribution in [3.8, 4) is 0 Å². The highest BCUT2D eigenvalue weighted by Gasteiger charge is 2.21. The molecule has 6 heteroatoms. The van der Waals surface area contributed by atoms with Crippen LogP contribution in [0.2, 0.25) is 0 Å². The number of imidazole rings is 1. The van der Waals surface area contributed by atoms with Crippen molar-refractivity contribution in [2.75, 3.05) is 0 Å². The molecule has 0 amide bonds. The topological polar surface area (TPSA) is 94.4 Å². The van der Waals surface area contributed by atoms with Crippen LogP contribution < -0.4 is 21.8 Å². The Kier molecular flexibility index (Phi) is 5.57. The van der Waals surface area contributed by atoms with Gasteiger partial charge in [0, 0.05) is 5.41 Å². The standard InChI is InChI=1S/C20H22N4O2/c1-6-9-13(7-2)10-15-18(25)24-16(19(26)23-15)11-14-17(22-12-21-14)20(4,5)8-3/h6-12H,1-3H2,4-5H3,(H,21,22)(H,23,26)(H,24,25)/b13-9+,15-10-,16-11-. The summed E-state index contributed by atoms with van der Waals surface area (Å²) >= 11 is 0. The Balaban J connectivity index is 2.66. The van der Waals surface area contributed by atoms with E-state index in [2.05, 4.69) is 39.7 Å². The zero-order chi connectivity index (χ0) is 19.3. The summed E-state index contributed by atoms with van der Waals surface area (Å²) in [7, 11) is 0. The van der Waals surface area contributed by atoms with Crippen LogP contribution in [-0.2, 0) is 5.41 Å². The zero-order valence-corrected chi connectivity index (χ0v) is 14.9. The number of hydrogen-bond acceptors (Lipinski definition) is 3. The smallest absolute Gasteiger partial charge is 0.272 e. The van der Waals surface area contributed by atoms with E-state index in [-0.39, 0.29) is 16.1 Å². The van der Waals surface area contributed by atoms with Crippen molar-refractivity contribution in [1.82, 2.24) is 19.9 Å². The lowest BCUT2D eigenvalue weighted by atomic mass is 9.88. The van der Waals surface area contributed by atoms with Crippen LogP contribution >= 0.6 is 0 Å². The second-order valence-electron chi connectivity index (χ2n) is 6.22. The maximum Gasteiger partial charge on any atom is 0.272 e. The summed E-state index contributed by atoms with van der Waals surface area (Å²) in [4.78, 5) is 37.2. The van der Waals surface area contributed by atoms with E-state index in [1.165, 1.54) is 18.5 Å². The molecule has 0 bridgehead atoms. The van der Waals surface area contributed by atoms with Crippen LogP contribution in [0.25, 0.3) is 12.2 Å². The normalized spacial score (nSPS) is 13.7. The summed E-state index contributed by atoms with van der Waals surface area (Å²) in [6, 6.07) is 0. The molecule has 0 spiro atoms. The Morgan fingerprint density at radius 2 is 1.77 bits per heavy atom. The second kappa shape index (κ2) is 7.65. The van der Waals surface area contributed by atoms with E-state index in [4.69, 9.17) is 0 Å². The molecular weight excluding hydrogens is 328 g/mol. The summed E-state index contributed by atoms with van der Waals surface area (Å²) in [6.07, 6.45) is 11.2. The minimum Gasteiger partial charge on any atom is -0.347 e. The van der Waals surface area contributed by atoms with Crippen LogP contribution in [0.5, 0.6) is 0 Å². The average Bonchev–Trinajstić information content (AvgIpc) is 3.07. The van der Waals surface area contributed by atoms with Crippen molar-refractivity contribution in [1.29, 1.82) is 0 Å². The van der Waals surface area contributed by atoms with E-state index in [9.17, 15) is 9.59 Å². The summed E-state index contributed by atoms with van der Waals surface area (Å²) < 4.78 is 0. The number of aromatic amines is 3. The highest BCUT2D eigenvalue weighted by Crippen LogP contribution is 2.24. The summed E-state index contributed by atoms with van der Waals surface area (Å²) in [5.74, 6) is 0. The van der Waals surface area contributed by atoms with Crippen LogP contribution in [0, 0.1) is 0 Å². The molecule has 0 aliphatic heterocycles. The first-order valence-corrected chi connectivity index (χ1v) is 8.01. The molecule has 134 valence electrons. The van der Waals surface area contributed by atoms with Crippen LogP contribution in [0.3, 0.4) is 0 Å². The van der Waals surface area contributed by atoms with Crippen molar-refractivity contribution >= 4 is 12.2 Å². The molecule has 26 heavy (non-hydrogen) atoms. The van der Waals surface area contributed by atoms with Gasteiger partial charge < -0.3 is 15.0 Å². The molecule has 2 rings (SSSR count). The lowest BCUT2D eigenvalue weighted by molar-refractivity contribution is 0.648. The number of rotatable bonds is 6. The van der Waals surface area contributed by atoms with Gasteiger partial charge in [0.2, 0.25) is 0 Å². The van der Waals surface area contributed by atoms with Crippen molar-refractivity contribution in [2.24, 2.45) is 0 Å². The first-order valence-electron chi connectivity index (χ1n) is 8.01. The van der Waals surface area contributed by atoms with Crippen molar-refractivity contribution in [3.63, 3.8) is 0 Å². The van der Waals surface area contributed by atoms with Crippen molar-refractivity contribution < 1.29 is 0 Å². The van der Waals surface area contributed by atoms with Crippen LogP contribution in [0.4, 0.5) is 0 Å². The largest absolute Gasteiger partial charge is 0.347 e. The number of aromatic nitrogens is 4. The van der Waals surface area contributed by atoms with E-state index in [0.29, 0.717) is 11.3 Å². The molecule has 2 aromatic heterocycles. The van der Waals surface area contributed by atoms with Gasteiger partial charge in [-0.3, -0.25) is 9.59 Å². The maximum atomic E-state index is 12.4. The monoisotopic (exact) mass is 350 g/mol. The fourth-order valence-corrected chi connectivity index (χ4v) is 2.34. The molecular formula is C20H22N4O2. The minimum absolute atomic E-state index is 0.119. The van der Waals surface area contributed by atoms with Gasteiger partial charge in [-0.05, 0) is 17.7 Å². The van der Waals surface area contributed by atoms with Crippen LogP contribution in [-0.4, -0.2) is 19.9 Å². The molecule has 0 saturated heterocycles. The number of allylic oxidation sites excluding steroid dienone is 5. The molecule has 0 aliphatic rings.